The summed E-state index contributed by atoms with van der Waals surface area (Å²) in [7, 11) is 0. The van der Waals surface area contributed by atoms with Crippen LogP contribution >= 0.6 is 0 Å². The van der Waals surface area contributed by atoms with Gasteiger partial charge in [-0.25, -0.2) is 4.68 Å². The van der Waals surface area contributed by atoms with Crippen molar-refractivity contribution in [1.29, 1.82) is 0 Å². The topological polar surface area (TPSA) is 89.9 Å². The first-order valence-electron chi connectivity index (χ1n) is 9.50. The largest absolute Gasteiger partial charge is 0.467 e. The number of hydrogen-bond donors (Lipinski definition) is 2. The van der Waals surface area contributed by atoms with Crippen LogP contribution in [-0.2, 0) is 6.54 Å². The summed E-state index contributed by atoms with van der Waals surface area (Å²) in [5.41, 5.74) is 1.80. The average molecular weight is 422 g/mol. The fourth-order valence-corrected chi connectivity index (χ4v) is 3.72. The van der Waals surface area contributed by atoms with E-state index in [0.29, 0.717) is 23.7 Å². The van der Waals surface area contributed by atoms with Gasteiger partial charge in [0.2, 0.25) is 0 Å². The van der Waals surface area contributed by atoms with Crippen molar-refractivity contribution in [3.05, 3.63) is 47.3 Å². The van der Waals surface area contributed by atoms with Gasteiger partial charge in [0.15, 0.2) is 11.7 Å². The highest BCUT2D eigenvalue weighted by molar-refractivity contribution is 6.04. The predicted octanol–water partition coefficient (Wildman–Crippen LogP) is 4.22. The second kappa shape index (κ2) is 7.22. The van der Waals surface area contributed by atoms with Gasteiger partial charge in [0.1, 0.15) is 11.6 Å². The Bertz CT molecular complexity index is 1070. The number of aromatic nitrogens is 4. The van der Waals surface area contributed by atoms with Gasteiger partial charge in [-0.1, -0.05) is 0 Å². The van der Waals surface area contributed by atoms with Crippen LogP contribution in [-0.4, -0.2) is 31.6 Å². The number of alkyl halides is 3. The van der Waals surface area contributed by atoms with E-state index in [1.54, 1.807) is 23.7 Å². The Balaban J connectivity index is 1.65. The Morgan fingerprint density at radius 1 is 1.37 bits per heavy atom. The Kier molecular flexibility index (Phi) is 4.83. The lowest BCUT2D eigenvalue weighted by molar-refractivity contribution is -0.174. The molecular formula is C19H21F3N6O2. The van der Waals surface area contributed by atoms with Crippen molar-refractivity contribution < 1.29 is 22.4 Å². The van der Waals surface area contributed by atoms with Crippen molar-refractivity contribution >= 4 is 17.4 Å². The molecule has 11 heteroatoms. The normalized spacial score (nSPS) is 18.7. The molecule has 4 rings (SSSR count). The van der Waals surface area contributed by atoms with E-state index in [-0.39, 0.29) is 17.9 Å². The number of carbonyl (C=O) groups is 1. The SMILES string of the molecule is CCn1nc(C)c(NC(=O)c2cc3n(n2)C(C(F)(F)F)CC(c2ccco2)N3)c1C. The first-order chi connectivity index (χ1) is 14.2. The molecule has 1 aliphatic heterocycles. The first-order valence-corrected chi connectivity index (χ1v) is 9.50. The number of nitrogens with zero attached hydrogens (tertiary/aromatic N) is 4. The molecule has 30 heavy (non-hydrogen) atoms. The van der Waals surface area contributed by atoms with E-state index in [9.17, 15) is 18.0 Å². The van der Waals surface area contributed by atoms with Gasteiger partial charge in [0.05, 0.1) is 29.4 Å². The van der Waals surface area contributed by atoms with E-state index >= 15 is 0 Å². The quantitative estimate of drug-likeness (QED) is 0.657. The summed E-state index contributed by atoms with van der Waals surface area (Å²) in [6.07, 6.45) is -3.42. The van der Waals surface area contributed by atoms with Gasteiger partial charge in [-0.15, -0.1) is 0 Å². The van der Waals surface area contributed by atoms with Crippen molar-refractivity contribution in [2.45, 2.75) is 52.0 Å². The van der Waals surface area contributed by atoms with Crippen LogP contribution < -0.4 is 10.6 Å². The minimum Gasteiger partial charge on any atom is -0.467 e. The lowest BCUT2D eigenvalue weighted by Gasteiger charge is -2.32. The third kappa shape index (κ3) is 3.44. The Morgan fingerprint density at radius 2 is 2.13 bits per heavy atom. The van der Waals surface area contributed by atoms with Crippen LogP contribution in [0.15, 0.2) is 28.9 Å². The molecule has 0 aromatic carbocycles. The molecule has 0 saturated heterocycles. The smallest absolute Gasteiger partial charge is 0.410 e. The molecule has 160 valence electrons. The Hall–Kier alpha value is -3.24. The van der Waals surface area contributed by atoms with Gasteiger partial charge < -0.3 is 15.1 Å². The maximum absolute atomic E-state index is 13.7. The summed E-state index contributed by atoms with van der Waals surface area (Å²) in [5, 5.41) is 14.0. The monoisotopic (exact) mass is 422 g/mol. The highest BCUT2D eigenvalue weighted by Gasteiger charge is 2.47. The van der Waals surface area contributed by atoms with Crippen LogP contribution in [0.3, 0.4) is 0 Å². The predicted molar refractivity (Wildman–Crippen MR) is 102 cm³/mol. The van der Waals surface area contributed by atoms with Gasteiger partial charge in [-0.2, -0.15) is 23.4 Å². The van der Waals surface area contributed by atoms with Gasteiger partial charge in [-0.3, -0.25) is 9.48 Å². The van der Waals surface area contributed by atoms with Crippen LogP contribution in [0.2, 0.25) is 0 Å². The summed E-state index contributed by atoms with van der Waals surface area (Å²) in [5.74, 6) is -0.107. The maximum atomic E-state index is 13.7. The molecule has 0 radical (unpaired) electrons. The molecule has 2 unspecified atom stereocenters. The number of fused-ring (bicyclic) bond motifs is 1. The molecular weight excluding hydrogens is 401 g/mol. The zero-order valence-electron chi connectivity index (χ0n) is 16.6. The van der Waals surface area contributed by atoms with Crippen LogP contribution in [0.4, 0.5) is 24.7 Å². The van der Waals surface area contributed by atoms with E-state index < -0.39 is 24.2 Å². The molecule has 0 aliphatic carbocycles. The number of halogens is 3. The zero-order valence-corrected chi connectivity index (χ0v) is 16.6. The summed E-state index contributed by atoms with van der Waals surface area (Å²) in [6.45, 7) is 6.12. The second-order valence-electron chi connectivity index (χ2n) is 7.18. The van der Waals surface area contributed by atoms with E-state index in [0.717, 1.165) is 10.4 Å². The average Bonchev–Trinajstić information content (AvgIpc) is 3.41. The summed E-state index contributed by atoms with van der Waals surface area (Å²) in [6, 6.07) is 1.99. The lowest BCUT2D eigenvalue weighted by Crippen LogP contribution is -2.35. The van der Waals surface area contributed by atoms with Crippen molar-refractivity contribution in [1.82, 2.24) is 19.6 Å². The number of nitrogens with one attached hydrogen (secondary N) is 2. The summed E-state index contributed by atoms with van der Waals surface area (Å²) >= 11 is 0. The zero-order chi connectivity index (χ0) is 21.6. The number of anilines is 2. The van der Waals surface area contributed by atoms with E-state index in [4.69, 9.17) is 4.42 Å². The lowest BCUT2D eigenvalue weighted by atomic mass is 10.0. The van der Waals surface area contributed by atoms with E-state index in [2.05, 4.69) is 20.8 Å². The van der Waals surface area contributed by atoms with Crippen molar-refractivity contribution in [3.8, 4) is 0 Å². The van der Waals surface area contributed by atoms with Gasteiger partial charge in [-0.05, 0) is 32.9 Å². The highest BCUT2D eigenvalue weighted by Crippen LogP contribution is 2.43. The molecule has 0 fully saturated rings. The fourth-order valence-electron chi connectivity index (χ4n) is 3.72. The standard InChI is InChI=1S/C19H21F3N6O2/c1-4-27-11(3)17(10(2)25-27)24-18(29)13-9-16-23-12(14-6-5-7-30-14)8-15(19(20,21)22)28(16)26-13/h5-7,9,12,15,23H,4,8H2,1-3H3,(H,24,29). The van der Waals surface area contributed by atoms with Gasteiger partial charge >= 0.3 is 6.18 Å². The number of hydrogen-bond acceptors (Lipinski definition) is 5. The molecule has 1 amide bonds. The van der Waals surface area contributed by atoms with Crippen molar-refractivity contribution in [2.75, 3.05) is 10.6 Å². The van der Waals surface area contributed by atoms with E-state index in [1.807, 2.05) is 13.8 Å². The highest BCUT2D eigenvalue weighted by atomic mass is 19.4. The second-order valence-corrected chi connectivity index (χ2v) is 7.18. The summed E-state index contributed by atoms with van der Waals surface area (Å²) in [4.78, 5) is 12.7. The number of furan rings is 1. The third-order valence-corrected chi connectivity index (χ3v) is 5.23. The summed E-state index contributed by atoms with van der Waals surface area (Å²) < 4.78 is 49.0. The molecule has 8 nitrogen and oxygen atoms in total. The molecule has 3 aromatic rings. The molecule has 0 bridgehead atoms. The molecule has 3 aromatic heterocycles. The number of amides is 1. The minimum absolute atomic E-state index is 0.104. The van der Waals surface area contributed by atoms with Crippen molar-refractivity contribution in [3.63, 3.8) is 0 Å². The Labute approximate surface area is 170 Å². The molecule has 1 aliphatic rings. The van der Waals surface area contributed by atoms with E-state index in [1.165, 1.54) is 12.3 Å². The molecule has 2 atom stereocenters. The van der Waals surface area contributed by atoms with Crippen LogP contribution in [0.5, 0.6) is 0 Å². The Morgan fingerprint density at radius 3 is 2.73 bits per heavy atom. The number of rotatable bonds is 4. The fraction of sp³-hybridized carbons (Fsp3) is 0.421. The van der Waals surface area contributed by atoms with Crippen molar-refractivity contribution in [2.24, 2.45) is 0 Å². The van der Waals surface area contributed by atoms with Crippen LogP contribution in [0, 0.1) is 13.8 Å². The molecule has 2 N–H and O–H groups in total. The molecule has 4 heterocycles. The van der Waals surface area contributed by atoms with Gasteiger partial charge in [0.25, 0.3) is 5.91 Å². The molecule has 0 spiro atoms. The first kappa shape index (κ1) is 20.0. The molecule has 0 saturated carbocycles. The van der Waals surface area contributed by atoms with Gasteiger partial charge in [0, 0.05) is 19.0 Å². The number of carbonyl (C=O) groups excluding carboxylic acids is 1. The maximum Gasteiger partial charge on any atom is 0.410 e. The van der Waals surface area contributed by atoms with Crippen LogP contribution in [0.25, 0.3) is 0 Å². The number of aryl methyl sites for hydroxylation is 2. The minimum atomic E-state index is -4.53. The third-order valence-electron chi connectivity index (χ3n) is 5.23. The van der Waals surface area contributed by atoms with Crippen LogP contribution in [0.1, 0.15) is 53.1 Å².